The van der Waals surface area contributed by atoms with Crippen molar-refractivity contribution in [3.63, 3.8) is 0 Å². The van der Waals surface area contributed by atoms with E-state index in [1.807, 2.05) is 11.3 Å². The minimum absolute atomic E-state index is 0.00242. The Morgan fingerprint density at radius 3 is 2.68 bits per heavy atom. The molecule has 28 heavy (non-hydrogen) atoms. The number of aliphatic imine (C=N–C) groups is 1. The van der Waals surface area contributed by atoms with Crippen LogP contribution in [0.5, 0.6) is 0 Å². The van der Waals surface area contributed by atoms with E-state index in [-0.39, 0.29) is 5.54 Å². The van der Waals surface area contributed by atoms with Gasteiger partial charge >= 0.3 is 0 Å². The molecule has 1 saturated heterocycles. The van der Waals surface area contributed by atoms with Crippen LogP contribution in [0.25, 0.3) is 0 Å². The molecule has 3 heterocycles. The van der Waals surface area contributed by atoms with Gasteiger partial charge in [-0.3, -0.25) is 4.90 Å². The Bertz CT molecular complexity index is 940. The van der Waals surface area contributed by atoms with Crippen LogP contribution in [-0.2, 0) is 0 Å². The molecule has 0 aliphatic carbocycles. The molecular weight excluding hydrogens is 364 g/mol. The van der Waals surface area contributed by atoms with Crippen molar-refractivity contribution in [1.29, 1.82) is 0 Å². The fourth-order valence-electron chi connectivity index (χ4n) is 4.51. The summed E-state index contributed by atoms with van der Waals surface area (Å²) in [6.45, 7) is 19.0. The quantitative estimate of drug-likeness (QED) is 0.679. The van der Waals surface area contributed by atoms with Gasteiger partial charge in [0, 0.05) is 24.0 Å². The predicted octanol–water partition coefficient (Wildman–Crippen LogP) is 5.61. The van der Waals surface area contributed by atoms with E-state index in [0.717, 1.165) is 36.8 Å². The average molecular weight is 397 g/mol. The van der Waals surface area contributed by atoms with Gasteiger partial charge in [-0.1, -0.05) is 13.0 Å². The summed E-state index contributed by atoms with van der Waals surface area (Å²) in [5.74, 6) is 1.12. The van der Waals surface area contributed by atoms with Gasteiger partial charge in [-0.2, -0.15) is 0 Å². The molecule has 0 saturated carbocycles. The molecule has 1 aromatic heterocycles. The SMILES string of the molecule is CCN1CCN(C2=Nc3c(ccc(C)c3C)Nc3sc(C)cc32)C(C)(C)C1C. The fraction of sp³-hybridized carbons (Fsp3) is 0.522. The van der Waals surface area contributed by atoms with Gasteiger partial charge in [0.25, 0.3) is 0 Å². The largest absolute Gasteiger partial charge is 0.348 e. The Morgan fingerprint density at radius 2 is 1.96 bits per heavy atom. The second-order valence-electron chi connectivity index (χ2n) is 8.67. The van der Waals surface area contributed by atoms with Gasteiger partial charge in [-0.05, 0) is 71.3 Å². The number of amidine groups is 1. The molecule has 2 aliphatic rings. The molecule has 0 radical (unpaired) electrons. The van der Waals surface area contributed by atoms with Crippen molar-refractivity contribution in [3.8, 4) is 0 Å². The fourth-order valence-corrected chi connectivity index (χ4v) is 5.43. The average Bonchev–Trinajstić information content (AvgIpc) is 2.94. The summed E-state index contributed by atoms with van der Waals surface area (Å²) in [5, 5.41) is 4.89. The van der Waals surface area contributed by atoms with Crippen molar-refractivity contribution in [3.05, 3.63) is 39.8 Å². The van der Waals surface area contributed by atoms with Crippen LogP contribution in [0, 0.1) is 20.8 Å². The Labute approximate surface area is 173 Å². The normalized spacial score (nSPS) is 21.5. The maximum absolute atomic E-state index is 5.33. The molecule has 1 atom stereocenters. The molecular formula is C23H32N4S. The van der Waals surface area contributed by atoms with Crippen LogP contribution in [0.1, 0.15) is 49.3 Å². The summed E-state index contributed by atoms with van der Waals surface area (Å²) in [6.07, 6.45) is 0. The molecule has 0 bridgehead atoms. The first-order chi connectivity index (χ1) is 13.2. The lowest BCUT2D eigenvalue weighted by atomic mass is 9.88. The second-order valence-corrected chi connectivity index (χ2v) is 9.93. The van der Waals surface area contributed by atoms with Crippen molar-refractivity contribution in [2.24, 2.45) is 4.99 Å². The smallest absolute Gasteiger partial charge is 0.140 e. The van der Waals surface area contributed by atoms with Crippen LogP contribution in [-0.4, -0.2) is 46.9 Å². The lowest BCUT2D eigenvalue weighted by molar-refractivity contribution is 0.0207. The molecule has 1 unspecified atom stereocenters. The molecule has 1 fully saturated rings. The first-order valence-corrected chi connectivity index (χ1v) is 11.1. The molecule has 0 amide bonds. The summed E-state index contributed by atoms with van der Waals surface area (Å²) in [4.78, 5) is 11.8. The third kappa shape index (κ3) is 2.96. The van der Waals surface area contributed by atoms with Gasteiger partial charge in [0.05, 0.1) is 22.5 Å². The number of hydrogen-bond acceptors (Lipinski definition) is 5. The van der Waals surface area contributed by atoms with Gasteiger partial charge in [0.1, 0.15) is 10.8 Å². The number of fused-ring (bicyclic) bond motifs is 2. The van der Waals surface area contributed by atoms with Crippen molar-refractivity contribution < 1.29 is 0 Å². The summed E-state index contributed by atoms with van der Waals surface area (Å²) < 4.78 is 0. The number of piperazine rings is 1. The van der Waals surface area contributed by atoms with E-state index < -0.39 is 0 Å². The zero-order valence-electron chi connectivity index (χ0n) is 18.2. The highest BCUT2D eigenvalue weighted by molar-refractivity contribution is 7.16. The molecule has 150 valence electrons. The number of hydrogen-bond donors (Lipinski definition) is 1. The van der Waals surface area contributed by atoms with Crippen LogP contribution < -0.4 is 5.32 Å². The van der Waals surface area contributed by atoms with Crippen molar-refractivity contribution in [1.82, 2.24) is 9.80 Å². The number of nitrogens with one attached hydrogen (secondary N) is 1. The Hall–Kier alpha value is -1.85. The monoisotopic (exact) mass is 396 g/mol. The standard InChI is InChI=1S/C23H32N4S/c1-8-26-11-12-27(23(6,7)17(26)5)21-18-13-15(3)28-22(18)24-19-10-9-14(2)16(4)20(19)25-21/h9-10,13,17,24H,8,11-12H2,1-7H3. The summed E-state index contributed by atoms with van der Waals surface area (Å²) >= 11 is 1.82. The summed E-state index contributed by atoms with van der Waals surface area (Å²) in [6, 6.07) is 7.12. The minimum atomic E-state index is 0.00242. The van der Waals surface area contributed by atoms with Crippen LogP contribution in [0.3, 0.4) is 0 Å². The molecule has 4 nitrogen and oxygen atoms in total. The maximum atomic E-state index is 5.33. The lowest BCUT2D eigenvalue weighted by Crippen LogP contribution is -2.65. The Morgan fingerprint density at radius 1 is 1.21 bits per heavy atom. The number of nitrogens with zero attached hydrogens (tertiary/aromatic N) is 3. The number of likely N-dealkylation sites (N-methyl/N-ethyl adjacent to an activating group) is 1. The first-order valence-electron chi connectivity index (χ1n) is 10.3. The van der Waals surface area contributed by atoms with Crippen LogP contribution in [0.15, 0.2) is 23.2 Å². The van der Waals surface area contributed by atoms with Crippen LogP contribution in [0.4, 0.5) is 16.4 Å². The van der Waals surface area contributed by atoms with E-state index >= 15 is 0 Å². The molecule has 5 heteroatoms. The highest BCUT2D eigenvalue weighted by atomic mass is 32.1. The topological polar surface area (TPSA) is 30.9 Å². The predicted molar refractivity (Wildman–Crippen MR) is 122 cm³/mol. The third-order valence-electron chi connectivity index (χ3n) is 6.80. The molecule has 4 rings (SSSR count). The van der Waals surface area contributed by atoms with Gasteiger partial charge in [-0.25, -0.2) is 4.99 Å². The van der Waals surface area contributed by atoms with E-state index in [1.165, 1.54) is 26.6 Å². The second kappa shape index (κ2) is 6.89. The van der Waals surface area contributed by atoms with Gasteiger partial charge in [0.2, 0.25) is 0 Å². The highest BCUT2D eigenvalue weighted by Gasteiger charge is 2.42. The Balaban J connectivity index is 1.90. The number of thiophene rings is 1. The summed E-state index contributed by atoms with van der Waals surface area (Å²) in [7, 11) is 0. The van der Waals surface area contributed by atoms with E-state index in [2.05, 4.69) is 81.8 Å². The molecule has 0 spiro atoms. The van der Waals surface area contributed by atoms with Crippen LogP contribution in [0.2, 0.25) is 0 Å². The van der Waals surface area contributed by atoms with Crippen molar-refractivity contribution >= 4 is 33.5 Å². The van der Waals surface area contributed by atoms with E-state index in [0.29, 0.717) is 6.04 Å². The lowest BCUT2D eigenvalue weighted by Gasteiger charge is -2.53. The number of rotatable bonds is 1. The van der Waals surface area contributed by atoms with Crippen molar-refractivity contribution in [2.75, 3.05) is 25.0 Å². The molecule has 1 N–H and O–H groups in total. The molecule has 2 aromatic rings. The summed E-state index contributed by atoms with van der Waals surface area (Å²) in [5.41, 5.74) is 5.97. The number of anilines is 2. The zero-order chi connectivity index (χ0) is 20.2. The van der Waals surface area contributed by atoms with E-state index in [9.17, 15) is 0 Å². The number of aryl methyl sites for hydroxylation is 2. The van der Waals surface area contributed by atoms with Gasteiger partial charge in [-0.15, -0.1) is 11.3 Å². The zero-order valence-corrected chi connectivity index (χ0v) is 19.0. The first kappa shape index (κ1) is 19.5. The van der Waals surface area contributed by atoms with Crippen LogP contribution >= 0.6 is 11.3 Å². The third-order valence-corrected chi connectivity index (χ3v) is 7.77. The maximum Gasteiger partial charge on any atom is 0.140 e. The molecule has 1 aromatic carbocycles. The van der Waals surface area contributed by atoms with Gasteiger partial charge in [0.15, 0.2) is 0 Å². The number of benzene rings is 1. The minimum Gasteiger partial charge on any atom is -0.348 e. The van der Waals surface area contributed by atoms with E-state index in [1.54, 1.807) is 0 Å². The Kier molecular flexibility index (Phi) is 4.79. The molecule has 2 aliphatic heterocycles. The van der Waals surface area contributed by atoms with Gasteiger partial charge < -0.3 is 10.2 Å². The van der Waals surface area contributed by atoms with E-state index in [4.69, 9.17) is 4.99 Å². The van der Waals surface area contributed by atoms with Crippen molar-refractivity contribution in [2.45, 2.75) is 60.0 Å². The highest BCUT2D eigenvalue weighted by Crippen LogP contribution is 2.43.